The smallest absolute Gasteiger partial charge is 0.410 e. The second-order valence-electron chi connectivity index (χ2n) is 4.67. The van der Waals surface area contributed by atoms with Crippen LogP contribution in [0.25, 0.3) is 0 Å². The van der Waals surface area contributed by atoms with Gasteiger partial charge in [0.15, 0.2) is 0 Å². The lowest BCUT2D eigenvalue weighted by atomic mass is 9.97. The van der Waals surface area contributed by atoms with E-state index in [-0.39, 0.29) is 6.09 Å². The van der Waals surface area contributed by atoms with Crippen LogP contribution in [-0.2, 0) is 0 Å². The fourth-order valence-corrected chi connectivity index (χ4v) is 2.26. The number of carbonyl (C=O) groups is 1. The predicted molar refractivity (Wildman–Crippen MR) is 70.7 cm³/mol. The van der Waals surface area contributed by atoms with Gasteiger partial charge in [-0.3, -0.25) is 0 Å². The van der Waals surface area contributed by atoms with Crippen molar-refractivity contribution in [2.24, 2.45) is 5.92 Å². The third-order valence-electron chi connectivity index (χ3n) is 3.31. The van der Waals surface area contributed by atoms with Crippen molar-refractivity contribution in [3.8, 4) is 5.75 Å². The number of amides is 1. The van der Waals surface area contributed by atoms with Crippen LogP contribution < -0.4 is 10.1 Å². The van der Waals surface area contributed by atoms with Crippen molar-refractivity contribution >= 4 is 6.09 Å². The summed E-state index contributed by atoms with van der Waals surface area (Å²) in [6, 6.07) is 9.22. The van der Waals surface area contributed by atoms with E-state index in [9.17, 15) is 4.79 Å². The SMILES string of the molecule is CNCC1CCN(C(=O)Oc2ccccc2)CC1. The van der Waals surface area contributed by atoms with Gasteiger partial charge >= 0.3 is 6.09 Å². The summed E-state index contributed by atoms with van der Waals surface area (Å²) in [6.07, 6.45) is 1.86. The molecule has 98 valence electrons. The van der Waals surface area contributed by atoms with Crippen molar-refractivity contribution in [3.63, 3.8) is 0 Å². The van der Waals surface area contributed by atoms with Gasteiger partial charge in [0, 0.05) is 13.1 Å². The fourth-order valence-electron chi connectivity index (χ4n) is 2.26. The summed E-state index contributed by atoms with van der Waals surface area (Å²) in [5.41, 5.74) is 0. The number of rotatable bonds is 3. The minimum atomic E-state index is -0.232. The summed E-state index contributed by atoms with van der Waals surface area (Å²) in [7, 11) is 1.97. The number of benzene rings is 1. The Morgan fingerprint density at radius 2 is 2.00 bits per heavy atom. The molecule has 1 aromatic carbocycles. The number of hydrogen-bond donors (Lipinski definition) is 1. The molecule has 0 spiro atoms. The number of carbonyl (C=O) groups excluding carboxylic acids is 1. The van der Waals surface area contributed by atoms with Crippen LogP contribution in [0.15, 0.2) is 30.3 Å². The summed E-state index contributed by atoms with van der Waals surface area (Å²) in [4.78, 5) is 13.7. The number of ether oxygens (including phenoxy) is 1. The molecule has 0 atom stereocenters. The number of likely N-dealkylation sites (tertiary alicyclic amines) is 1. The van der Waals surface area contributed by atoms with Crippen LogP contribution in [-0.4, -0.2) is 37.7 Å². The quantitative estimate of drug-likeness (QED) is 0.891. The summed E-state index contributed by atoms with van der Waals surface area (Å²) in [5, 5.41) is 3.19. The molecule has 0 unspecified atom stereocenters. The molecule has 0 radical (unpaired) electrons. The van der Waals surface area contributed by atoms with E-state index >= 15 is 0 Å². The molecule has 4 nitrogen and oxygen atoms in total. The molecule has 1 saturated heterocycles. The Kier molecular flexibility index (Phi) is 4.59. The van der Waals surface area contributed by atoms with Gasteiger partial charge in [0.1, 0.15) is 5.75 Å². The van der Waals surface area contributed by atoms with Crippen LogP contribution in [0.1, 0.15) is 12.8 Å². The molecule has 1 aromatic rings. The lowest BCUT2D eigenvalue weighted by molar-refractivity contribution is 0.131. The van der Waals surface area contributed by atoms with Gasteiger partial charge in [-0.25, -0.2) is 4.79 Å². The van der Waals surface area contributed by atoms with E-state index in [1.54, 1.807) is 17.0 Å². The lowest BCUT2D eigenvalue weighted by Crippen LogP contribution is -2.41. The minimum Gasteiger partial charge on any atom is -0.410 e. The molecular formula is C14H20N2O2. The fraction of sp³-hybridized carbons (Fsp3) is 0.500. The van der Waals surface area contributed by atoms with Gasteiger partial charge in [0.25, 0.3) is 0 Å². The molecule has 1 N–H and O–H groups in total. The zero-order valence-electron chi connectivity index (χ0n) is 10.8. The second kappa shape index (κ2) is 6.40. The summed E-state index contributed by atoms with van der Waals surface area (Å²) in [5.74, 6) is 1.29. The van der Waals surface area contributed by atoms with Crippen molar-refractivity contribution < 1.29 is 9.53 Å². The Morgan fingerprint density at radius 3 is 2.61 bits per heavy atom. The highest BCUT2D eigenvalue weighted by atomic mass is 16.6. The number of hydrogen-bond acceptors (Lipinski definition) is 3. The van der Waals surface area contributed by atoms with E-state index in [4.69, 9.17) is 4.74 Å². The number of para-hydroxylation sites is 1. The predicted octanol–water partition coefficient (Wildman–Crippen LogP) is 2.12. The first-order chi connectivity index (χ1) is 8.79. The third kappa shape index (κ3) is 3.47. The Labute approximate surface area is 108 Å². The van der Waals surface area contributed by atoms with Crippen LogP contribution in [0.2, 0.25) is 0 Å². The lowest BCUT2D eigenvalue weighted by Gasteiger charge is -2.31. The molecule has 1 fully saturated rings. The van der Waals surface area contributed by atoms with E-state index in [1.165, 1.54) is 0 Å². The molecule has 4 heteroatoms. The Balaban J connectivity index is 1.81. The van der Waals surface area contributed by atoms with Crippen LogP contribution in [0.5, 0.6) is 5.75 Å². The number of nitrogens with zero attached hydrogens (tertiary/aromatic N) is 1. The first kappa shape index (κ1) is 12.9. The van der Waals surface area contributed by atoms with Crippen molar-refractivity contribution in [3.05, 3.63) is 30.3 Å². The maximum absolute atomic E-state index is 11.9. The number of nitrogens with one attached hydrogen (secondary N) is 1. The first-order valence-electron chi connectivity index (χ1n) is 6.46. The zero-order valence-corrected chi connectivity index (χ0v) is 10.8. The van der Waals surface area contributed by atoms with Crippen molar-refractivity contribution in [2.75, 3.05) is 26.7 Å². The average molecular weight is 248 g/mol. The highest BCUT2D eigenvalue weighted by molar-refractivity contribution is 5.70. The van der Waals surface area contributed by atoms with E-state index in [2.05, 4.69) is 5.32 Å². The highest BCUT2D eigenvalue weighted by Crippen LogP contribution is 2.18. The van der Waals surface area contributed by atoms with Crippen molar-refractivity contribution in [2.45, 2.75) is 12.8 Å². The molecule has 2 rings (SSSR count). The molecule has 0 saturated carbocycles. The standard InChI is InChI=1S/C14H20N2O2/c1-15-11-12-7-9-16(10-8-12)14(17)18-13-5-3-2-4-6-13/h2-6,12,15H,7-11H2,1H3. The third-order valence-corrected chi connectivity index (χ3v) is 3.31. The molecule has 1 amide bonds. The van der Waals surface area contributed by atoms with E-state index in [0.717, 1.165) is 32.5 Å². The minimum absolute atomic E-state index is 0.232. The van der Waals surface area contributed by atoms with Gasteiger partial charge in [-0.1, -0.05) is 18.2 Å². The Bertz CT molecular complexity index is 373. The summed E-state index contributed by atoms with van der Waals surface area (Å²) >= 11 is 0. The van der Waals surface area contributed by atoms with Crippen molar-refractivity contribution in [1.82, 2.24) is 10.2 Å². The van der Waals surface area contributed by atoms with Crippen LogP contribution in [0.4, 0.5) is 4.79 Å². The highest BCUT2D eigenvalue weighted by Gasteiger charge is 2.23. The molecule has 0 aromatic heterocycles. The van der Waals surface area contributed by atoms with Crippen LogP contribution in [0, 0.1) is 5.92 Å². The van der Waals surface area contributed by atoms with Crippen LogP contribution in [0.3, 0.4) is 0 Å². The molecule has 1 aliphatic heterocycles. The largest absolute Gasteiger partial charge is 0.415 e. The molecule has 18 heavy (non-hydrogen) atoms. The topological polar surface area (TPSA) is 41.6 Å². The molecule has 1 aliphatic rings. The van der Waals surface area contributed by atoms with Gasteiger partial charge in [-0.15, -0.1) is 0 Å². The molecule has 1 heterocycles. The maximum atomic E-state index is 11.9. The number of piperidine rings is 1. The summed E-state index contributed by atoms with van der Waals surface area (Å²) in [6.45, 7) is 2.61. The van der Waals surface area contributed by atoms with Gasteiger partial charge in [-0.05, 0) is 44.5 Å². The van der Waals surface area contributed by atoms with Gasteiger partial charge in [-0.2, -0.15) is 0 Å². The monoisotopic (exact) mass is 248 g/mol. The van der Waals surface area contributed by atoms with Crippen LogP contribution >= 0.6 is 0 Å². The van der Waals surface area contributed by atoms with Crippen molar-refractivity contribution in [1.29, 1.82) is 0 Å². The first-order valence-corrected chi connectivity index (χ1v) is 6.46. The van der Waals surface area contributed by atoms with Gasteiger partial charge < -0.3 is 15.0 Å². The molecule has 0 bridgehead atoms. The second-order valence-corrected chi connectivity index (χ2v) is 4.67. The molecule has 0 aliphatic carbocycles. The maximum Gasteiger partial charge on any atom is 0.415 e. The van der Waals surface area contributed by atoms with E-state index in [1.807, 2.05) is 25.2 Å². The van der Waals surface area contributed by atoms with Gasteiger partial charge in [0.05, 0.1) is 0 Å². The van der Waals surface area contributed by atoms with E-state index in [0.29, 0.717) is 11.7 Å². The normalized spacial score (nSPS) is 16.6. The Morgan fingerprint density at radius 1 is 1.33 bits per heavy atom. The Hall–Kier alpha value is -1.55. The van der Waals surface area contributed by atoms with E-state index < -0.39 is 0 Å². The summed E-state index contributed by atoms with van der Waals surface area (Å²) < 4.78 is 5.32. The molecular weight excluding hydrogens is 228 g/mol. The van der Waals surface area contributed by atoms with Gasteiger partial charge in [0.2, 0.25) is 0 Å². The zero-order chi connectivity index (χ0) is 12.8. The average Bonchev–Trinajstić information content (AvgIpc) is 2.41.